The van der Waals surface area contributed by atoms with Crippen LogP contribution in [0, 0.1) is 0 Å². The molecule has 2 aromatic carbocycles. The van der Waals surface area contributed by atoms with E-state index in [1.807, 2.05) is 40.7 Å². The van der Waals surface area contributed by atoms with E-state index in [-0.39, 0.29) is 18.0 Å². The number of hydrogen-bond acceptors (Lipinski definition) is 6. The van der Waals surface area contributed by atoms with E-state index in [0.717, 1.165) is 33.9 Å². The number of methoxy groups -OCH3 is 1. The van der Waals surface area contributed by atoms with Gasteiger partial charge in [0, 0.05) is 23.1 Å². The van der Waals surface area contributed by atoms with E-state index in [1.165, 1.54) is 0 Å². The summed E-state index contributed by atoms with van der Waals surface area (Å²) in [6, 6.07) is 15.4. The first-order chi connectivity index (χ1) is 13.3. The summed E-state index contributed by atoms with van der Waals surface area (Å²) in [5, 5.41) is 21.3. The van der Waals surface area contributed by atoms with E-state index >= 15 is 0 Å². The van der Waals surface area contributed by atoms with Gasteiger partial charge in [0.25, 0.3) is 0 Å². The molecule has 0 bridgehead atoms. The van der Waals surface area contributed by atoms with E-state index in [0.29, 0.717) is 6.42 Å². The highest BCUT2D eigenvalue weighted by atomic mass is 32.1. The van der Waals surface area contributed by atoms with Gasteiger partial charge in [-0.2, -0.15) is 16.4 Å². The number of hydrazone groups is 1. The summed E-state index contributed by atoms with van der Waals surface area (Å²) in [7, 11) is 1.66. The highest BCUT2D eigenvalue weighted by Gasteiger charge is 2.42. The lowest BCUT2D eigenvalue weighted by atomic mass is 9.95. The van der Waals surface area contributed by atoms with Crippen molar-refractivity contribution < 1.29 is 14.6 Å². The Hall–Kier alpha value is -2.99. The average Bonchev–Trinajstić information content (AvgIpc) is 3.37. The number of benzene rings is 2. The Bertz CT molecular complexity index is 1020. The average molecular weight is 378 g/mol. The number of ether oxygens (including phenoxy) is 2. The highest BCUT2D eigenvalue weighted by molar-refractivity contribution is 7.07. The second-order valence-electron chi connectivity index (χ2n) is 6.57. The molecule has 0 saturated carbocycles. The number of thiophene rings is 1. The maximum atomic E-state index is 10.3. The minimum Gasteiger partial charge on any atom is -0.507 e. The molecule has 0 amide bonds. The number of phenols is 1. The van der Waals surface area contributed by atoms with Crippen LogP contribution in [0.2, 0.25) is 0 Å². The van der Waals surface area contributed by atoms with Crippen LogP contribution in [0.5, 0.6) is 17.2 Å². The molecule has 2 aliphatic heterocycles. The number of phenolic OH excluding ortho intramolecular Hbond substituents is 1. The SMILES string of the molecule is COc1cccc2c1O[C@H](c1ccsc1)N1N=C(c3ccccc3O)C[C@@H]21. The van der Waals surface area contributed by atoms with Gasteiger partial charge in [0.15, 0.2) is 11.5 Å². The van der Waals surface area contributed by atoms with Crippen molar-refractivity contribution in [2.75, 3.05) is 7.11 Å². The Morgan fingerprint density at radius 2 is 2.07 bits per heavy atom. The number of nitrogens with zero attached hydrogens (tertiary/aromatic N) is 2. The Balaban J connectivity index is 1.63. The molecule has 1 N–H and O–H groups in total. The smallest absolute Gasteiger partial charge is 0.214 e. The number of rotatable bonds is 3. The van der Waals surface area contributed by atoms with Crippen molar-refractivity contribution in [2.24, 2.45) is 5.10 Å². The van der Waals surface area contributed by atoms with Crippen LogP contribution in [0.3, 0.4) is 0 Å². The Labute approximate surface area is 161 Å². The molecular weight excluding hydrogens is 360 g/mol. The fraction of sp³-hybridized carbons (Fsp3) is 0.190. The van der Waals surface area contributed by atoms with Gasteiger partial charge in [-0.05, 0) is 35.0 Å². The van der Waals surface area contributed by atoms with Gasteiger partial charge in [-0.1, -0.05) is 24.3 Å². The van der Waals surface area contributed by atoms with Crippen molar-refractivity contribution >= 4 is 17.0 Å². The molecule has 0 unspecified atom stereocenters. The van der Waals surface area contributed by atoms with Gasteiger partial charge in [0.2, 0.25) is 6.23 Å². The third kappa shape index (κ3) is 2.56. The molecule has 1 aromatic heterocycles. The third-order valence-corrected chi connectivity index (χ3v) is 5.74. The zero-order valence-corrected chi connectivity index (χ0v) is 15.5. The van der Waals surface area contributed by atoms with Crippen molar-refractivity contribution in [3.8, 4) is 17.2 Å². The zero-order valence-electron chi connectivity index (χ0n) is 14.7. The Kier molecular flexibility index (Phi) is 3.79. The Morgan fingerprint density at radius 3 is 2.85 bits per heavy atom. The lowest BCUT2D eigenvalue weighted by Crippen LogP contribution is -2.33. The first kappa shape index (κ1) is 16.2. The summed E-state index contributed by atoms with van der Waals surface area (Å²) in [5.41, 5.74) is 3.73. The van der Waals surface area contributed by atoms with E-state index in [2.05, 4.69) is 17.5 Å². The second-order valence-corrected chi connectivity index (χ2v) is 7.35. The monoisotopic (exact) mass is 378 g/mol. The van der Waals surface area contributed by atoms with E-state index in [4.69, 9.17) is 14.6 Å². The summed E-state index contributed by atoms with van der Waals surface area (Å²) in [6.07, 6.45) is 0.371. The van der Waals surface area contributed by atoms with Crippen LogP contribution in [-0.2, 0) is 0 Å². The van der Waals surface area contributed by atoms with Crippen molar-refractivity contribution in [3.05, 3.63) is 76.0 Å². The van der Waals surface area contributed by atoms with Crippen LogP contribution >= 0.6 is 11.3 Å². The van der Waals surface area contributed by atoms with Crippen LogP contribution in [0.25, 0.3) is 0 Å². The standard InChI is InChI=1S/C21H18N2O3S/c1-25-19-8-4-6-15-17-11-16(14-5-2-3-7-18(14)24)22-23(17)21(26-20(15)19)13-9-10-27-12-13/h2-10,12,17,21,24H,11H2,1H3/t17-,21+/m0/s1. The lowest BCUT2D eigenvalue weighted by molar-refractivity contribution is -0.0206. The quantitative estimate of drug-likeness (QED) is 0.717. The summed E-state index contributed by atoms with van der Waals surface area (Å²) in [6.45, 7) is 0. The summed E-state index contributed by atoms with van der Waals surface area (Å²) in [4.78, 5) is 0. The molecule has 0 fully saturated rings. The lowest BCUT2D eigenvalue weighted by Gasteiger charge is -2.38. The molecule has 136 valence electrons. The maximum absolute atomic E-state index is 10.3. The molecule has 0 radical (unpaired) electrons. The molecule has 2 aliphatic rings. The predicted octanol–water partition coefficient (Wildman–Crippen LogP) is 4.70. The minimum absolute atomic E-state index is 0.0309. The molecule has 0 spiro atoms. The van der Waals surface area contributed by atoms with Crippen LogP contribution < -0.4 is 9.47 Å². The van der Waals surface area contributed by atoms with Crippen molar-refractivity contribution in [2.45, 2.75) is 18.7 Å². The molecule has 2 atom stereocenters. The number of aromatic hydroxyl groups is 1. The van der Waals surface area contributed by atoms with Gasteiger partial charge < -0.3 is 14.6 Å². The van der Waals surface area contributed by atoms with E-state index in [1.54, 1.807) is 24.5 Å². The Morgan fingerprint density at radius 1 is 1.19 bits per heavy atom. The molecule has 6 heteroatoms. The number of para-hydroxylation sites is 2. The maximum Gasteiger partial charge on any atom is 0.214 e. The molecule has 27 heavy (non-hydrogen) atoms. The van der Waals surface area contributed by atoms with Crippen LogP contribution in [0.1, 0.15) is 35.4 Å². The number of fused-ring (bicyclic) bond motifs is 3. The normalized spacial score (nSPS) is 20.5. The molecule has 5 nitrogen and oxygen atoms in total. The fourth-order valence-electron chi connectivity index (χ4n) is 3.76. The topological polar surface area (TPSA) is 54.3 Å². The molecule has 0 saturated heterocycles. The van der Waals surface area contributed by atoms with Gasteiger partial charge in [-0.15, -0.1) is 0 Å². The van der Waals surface area contributed by atoms with Crippen LogP contribution in [-0.4, -0.2) is 22.9 Å². The molecule has 0 aliphatic carbocycles. The van der Waals surface area contributed by atoms with Gasteiger partial charge in [0.1, 0.15) is 5.75 Å². The largest absolute Gasteiger partial charge is 0.507 e. The van der Waals surface area contributed by atoms with Crippen LogP contribution in [0.4, 0.5) is 0 Å². The minimum atomic E-state index is -0.326. The van der Waals surface area contributed by atoms with E-state index < -0.39 is 0 Å². The first-order valence-electron chi connectivity index (χ1n) is 8.76. The van der Waals surface area contributed by atoms with Crippen molar-refractivity contribution in [3.63, 3.8) is 0 Å². The molecule has 3 heterocycles. The fourth-order valence-corrected chi connectivity index (χ4v) is 4.43. The van der Waals surface area contributed by atoms with Crippen molar-refractivity contribution in [1.29, 1.82) is 0 Å². The predicted molar refractivity (Wildman–Crippen MR) is 105 cm³/mol. The summed E-state index contributed by atoms with van der Waals surface area (Å²) in [5.74, 6) is 1.74. The van der Waals surface area contributed by atoms with Gasteiger partial charge in [-0.25, -0.2) is 5.01 Å². The van der Waals surface area contributed by atoms with Gasteiger partial charge >= 0.3 is 0 Å². The van der Waals surface area contributed by atoms with Gasteiger partial charge in [-0.3, -0.25) is 0 Å². The zero-order chi connectivity index (χ0) is 18.4. The first-order valence-corrected chi connectivity index (χ1v) is 9.70. The second kappa shape index (κ2) is 6.32. The number of hydrogen-bond donors (Lipinski definition) is 1. The molecule has 5 rings (SSSR count). The summed E-state index contributed by atoms with van der Waals surface area (Å²) >= 11 is 1.63. The van der Waals surface area contributed by atoms with Gasteiger partial charge in [0.05, 0.1) is 18.9 Å². The van der Waals surface area contributed by atoms with E-state index in [9.17, 15) is 5.11 Å². The third-order valence-electron chi connectivity index (χ3n) is 5.04. The van der Waals surface area contributed by atoms with Crippen LogP contribution in [0.15, 0.2) is 64.4 Å². The summed E-state index contributed by atoms with van der Waals surface area (Å²) < 4.78 is 11.9. The van der Waals surface area contributed by atoms with Crippen molar-refractivity contribution in [1.82, 2.24) is 5.01 Å². The molecular formula is C21H18N2O3S. The highest BCUT2D eigenvalue weighted by Crippen LogP contribution is 2.51. The molecule has 3 aromatic rings.